The normalized spacial score (nSPS) is 15.4. The molecule has 21 heavy (non-hydrogen) atoms. The molecule has 4 nitrogen and oxygen atoms in total. The molecule has 0 atom stereocenters. The third-order valence-electron chi connectivity index (χ3n) is 3.63. The second-order valence-corrected chi connectivity index (χ2v) is 6.03. The number of rotatable bonds is 6. The minimum atomic E-state index is -0.945. The van der Waals surface area contributed by atoms with Gasteiger partial charge in [-0.2, -0.15) is 0 Å². The van der Waals surface area contributed by atoms with Crippen molar-refractivity contribution in [2.24, 2.45) is 5.41 Å². The molecule has 0 aromatic heterocycles. The summed E-state index contributed by atoms with van der Waals surface area (Å²) in [5.41, 5.74) is -0.513. The Balaban J connectivity index is 2.02. The highest BCUT2D eigenvalue weighted by atomic mass is 35.5. The van der Waals surface area contributed by atoms with E-state index in [4.69, 9.17) is 23.2 Å². The molecule has 1 fully saturated rings. The van der Waals surface area contributed by atoms with Crippen molar-refractivity contribution < 1.29 is 9.59 Å². The van der Waals surface area contributed by atoms with Crippen molar-refractivity contribution in [2.45, 2.75) is 32.6 Å². The lowest BCUT2D eigenvalue weighted by Gasteiger charge is -2.16. The van der Waals surface area contributed by atoms with Crippen molar-refractivity contribution in [3.05, 3.63) is 28.2 Å². The van der Waals surface area contributed by atoms with Crippen molar-refractivity contribution in [1.82, 2.24) is 5.32 Å². The molecule has 0 saturated heterocycles. The molecule has 1 aromatic carbocycles. The number of halogens is 2. The van der Waals surface area contributed by atoms with Crippen molar-refractivity contribution in [2.75, 3.05) is 11.9 Å². The molecule has 2 rings (SSSR count). The zero-order valence-electron chi connectivity index (χ0n) is 11.8. The van der Waals surface area contributed by atoms with E-state index in [2.05, 4.69) is 10.6 Å². The first kappa shape index (κ1) is 16.1. The summed E-state index contributed by atoms with van der Waals surface area (Å²) in [7, 11) is 0. The second kappa shape index (κ2) is 6.67. The van der Waals surface area contributed by atoms with Crippen molar-refractivity contribution in [3.8, 4) is 0 Å². The number of hydrogen-bond donors (Lipinski definition) is 2. The highest BCUT2D eigenvalue weighted by Crippen LogP contribution is 2.47. The number of carbonyl (C=O) groups excluding carboxylic acids is 2. The molecule has 1 aliphatic rings. The molecule has 0 bridgehead atoms. The van der Waals surface area contributed by atoms with E-state index < -0.39 is 5.41 Å². The molecular formula is C15H18Cl2N2O2. The average Bonchev–Trinajstić information content (AvgIpc) is 3.25. The minimum Gasteiger partial charge on any atom is -0.355 e. The van der Waals surface area contributed by atoms with Crippen molar-refractivity contribution in [1.29, 1.82) is 0 Å². The van der Waals surface area contributed by atoms with Gasteiger partial charge in [0.05, 0.1) is 15.7 Å². The van der Waals surface area contributed by atoms with Crippen LogP contribution in [0, 0.1) is 5.41 Å². The molecule has 1 aliphatic carbocycles. The van der Waals surface area contributed by atoms with Crippen LogP contribution in [-0.2, 0) is 9.59 Å². The van der Waals surface area contributed by atoms with Crippen molar-refractivity contribution >= 4 is 40.7 Å². The largest absolute Gasteiger partial charge is 0.355 e. The van der Waals surface area contributed by atoms with Gasteiger partial charge in [0.2, 0.25) is 11.8 Å². The Morgan fingerprint density at radius 3 is 2.57 bits per heavy atom. The number of unbranched alkanes of at least 4 members (excludes halogenated alkanes) is 1. The number of amides is 2. The van der Waals surface area contributed by atoms with Crippen LogP contribution in [0.15, 0.2) is 18.2 Å². The number of benzene rings is 1. The molecule has 2 amide bonds. The molecule has 1 aromatic rings. The van der Waals surface area contributed by atoms with E-state index >= 15 is 0 Å². The van der Waals surface area contributed by atoms with E-state index in [1.54, 1.807) is 18.2 Å². The first-order chi connectivity index (χ1) is 10.0. The Kier molecular flexibility index (Phi) is 5.12. The van der Waals surface area contributed by atoms with Gasteiger partial charge in [-0.25, -0.2) is 0 Å². The Hall–Kier alpha value is -1.26. The van der Waals surface area contributed by atoms with Crippen LogP contribution in [0.3, 0.4) is 0 Å². The van der Waals surface area contributed by atoms with Crippen LogP contribution < -0.4 is 10.6 Å². The molecule has 0 heterocycles. The van der Waals surface area contributed by atoms with E-state index in [0.29, 0.717) is 30.1 Å². The lowest BCUT2D eigenvalue weighted by atomic mass is 10.0. The van der Waals surface area contributed by atoms with Crippen LogP contribution in [0.1, 0.15) is 32.6 Å². The fourth-order valence-corrected chi connectivity index (χ4v) is 2.42. The first-order valence-electron chi connectivity index (χ1n) is 7.05. The lowest BCUT2D eigenvalue weighted by Crippen LogP contribution is -2.40. The summed E-state index contributed by atoms with van der Waals surface area (Å²) in [6, 6.07) is 5.01. The molecule has 6 heteroatoms. The maximum atomic E-state index is 12.4. The second-order valence-electron chi connectivity index (χ2n) is 5.25. The number of anilines is 1. The summed E-state index contributed by atoms with van der Waals surface area (Å²) in [6.07, 6.45) is 3.03. The first-order valence-corrected chi connectivity index (χ1v) is 7.80. The van der Waals surface area contributed by atoms with Gasteiger partial charge in [0.25, 0.3) is 0 Å². The summed E-state index contributed by atoms with van der Waals surface area (Å²) in [4.78, 5) is 24.5. The van der Waals surface area contributed by atoms with Crippen molar-refractivity contribution in [3.63, 3.8) is 0 Å². The maximum absolute atomic E-state index is 12.4. The number of hydrogen-bond acceptors (Lipinski definition) is 2. The van der Waals surface area contributed by atoms with Crippen LogP contribution >= 0.6 is 23.2 Å². The van der Waals surface area contributed by atoms with E-state index in [9.17, 15) is 9.59 Å². The SMILES string of the molecule is CCCCNC(=O)C1(C(=O)Nc2cccc(Cl)c2Cl)CC1. The van der Waals surface area contributed by atoms with Crippen LogP contribution in [0.25, 0.3) is 0 Å². The van der Waals surface area contributed by atoms with Crippen LogP contribution in [-0.4, -0.2) is 18.4 Å². The summed E-state index contributed by atoms with van der Waals surface area (Å²) >= 11 is 12.0. The molecule has 0 spiro atoms. The van der Waals surface area contributed by atoms with E-state index in [-0.39, 0.29) is 16.8 Å². The molecule has 2 N–H and O–H groups in total. The smallest absolute Gasteiger partial charge is 0.240 e. The van der Waals surface area contributed by atoms with Gasteiger partial charge < -0.3 is 10.6 Å². The molecule has 114 valence electrons. The molecular weight excluding hydrogens is 311 g/mol. The summed E-state index contributed by atoms with van der Waals surface area (Å²) in [5, 5.41) is 6.18. The molecule has 0 aliphatic heterocycles. The monoisotopic (exact) mass is 328 g/mol. The Morgan fingerprint density at radius 2 is 1.95 bits per heavy atom. The number of carbonyl (C=O) groups is 2. The standard InChI is InChI=1S/C15H18Cl2N2O2/c1-2-3-9-18-13(20)15(7-8-15)14(21)19-11-6-4-5-10(16)12(11)17/h4-6H,2-3,7-9H2,1H3,(H,18,20)(H,19,21). The number of nitrogens with one attached hydrogen (secondary N) is 2. The predicted molar refractivity (Wildman–Crippen MR) is 84.7 cm³/mol. The summed E-state index contributed by atoms with van der Waals surface area (Å²) in [5.74, 6) is -0.521. The van der Waals surface area contributed by atoms with Gasteiger partial charge in [-0.3, -0.25) is 9.59 Å². The van der Waals surface area contributed by atoms with Gasteiger partial charge >= 0.3 is 0 Å². The quantitative estimate of drug-likeness (QED) is 0.618. The van der Waals surface area contributed by atoms with E-state index in [1.165, 1.54) is 0 Å². The topological polar surface area (TPSA) is 58.2 Å². The van der Waals surface area contributed by atoms with Gasteiger partial charge in [-0.1, -0.05) is 42.6 Å². The third-order valence-corrected chi connectivity index (χ3v) is 4.45. The maximum Gasteiger partial charge on any atom is 0.240 e. The van der Waals surface area contributed by atoms with Gasteiger partial charge in [0.1, 0.15) is 5.41 Å². The average molecular weight is 329 g/mol. The van der Waals surface area contributed by atoms with E-state index in [1.807, 2.05) is 6.92 Å². The highest BCUT2D eigenvalue weighted by Gasteiger charge is 2.56. The minimum absolute atomic E-state index is 0.202. The zero-order chi connectivity index (χ0) is 15.5. The predicted octanol–water partition coefficient (Wildman–Crippen LogP) is 3.63. The highest BCUT2D eigenvalue weighted by molar-refractivity contribution is 6.44. The van der Waals surface area contributed by atoms with Gasteiger partial charge in [0, 0.05) is 6.54 Å². The van der Waals surface area contributed by atoms with Crippen LogP contribution in [0.5, 0.6) is 0 Å². The third kappa shape index (κ3) is 3.50. The van der Waals surface area contributed by atoms with Gasteiger partial charge in [-0.05, 0) is 31.4 Å². The van der Waals surface area contributed by atoms with Gasteiger partial charge in [-0.15, -0.1) is 0 Å². The Labute approximate surface area is 134 Å². The van der Waals surface area contributed by atoms with Crippen LogP contribution in [0.2, 0.25) is 10.0 Å². The Bertz CT molecular complexity index is 557. The Morgan fingerprint density at radius 1 is 1.24 bits per heavy atom. The fraction of sp³-hybridized carbons (Fsp3) is 0.467. The lowest BCUT2D eigenvalue weighted by molar-refractivity contribution is -0.134. The van der Waals surface area contributed by atoms with Gasteiger partial charge in [0.15, 0.2) is 0 Å². The molecule has 0 unspecified atom stereocenters. The summed E-state index contributed by atoms with van der Waals surface area (Å²) < 4.78 is 0. The van der Waals surface area contributed by atoms with E-state index in [0.717, 1.165) is 12.8 Å². The molecule has 0 radical (unpaired) electrons. The zero-order valence-corrected chi connectivity index (χ0v) is 13.4. The molecule has 1 saturated carbocycles. The fourth-order valence-electron chi connectivity index (χ4n) is 2.07. The summed E-state index contributed by atoms with van der Waals surface area (Å²) in [6.45, 7) is 2.65. The van der Waals surface area contributed by atoms with Crippen LogP contribution in [0.4, 0.5) is 5.69 Å².